The molecule has 3 heterocycles. The number of fused-ring (bicyclic) bond motifs is 1. The predicted octanol–water partition coefficient (Wildman–Crippen LogP) is 4.69. The van der Waals surface area contributed by atoms with Gasteiger partial charge in [-0.05, 0) is 61.9 Å². The van der Waals surface area contributed by atoms with E-state index in [1.54, 1.807) is 26.2 Å². The van der Waals surface area contributed by atoms with Crippen LogP contribution in [0.1, 0.15) is 28.5 Å². The summed E-state index contributed by atoms with van der Waals surface area (Å²) in [5.41, 5.74) is 3.56. The van der Waals surface area contributed by atoms with E-state index in [-0.39, 0.29) is 18.0 Å². The van der Waals surface area contributed by atoms with E-state index in [1.165, 1.54) is 18.3 Å². The minimum absolute atomic E-state index is 0.243. The van der Waals surface area contributed by atoms with Gasteiger partial charge in [0.15, 0.2) is 11.6 Å². The molecule has 178 valence electrons. The van der Waals surface area contributed by atoms with E-state index in [1.807, 2.05) is 29.2 Å². The van der Waals surface area contributed by atoms with Gasteiger partial charge in [0.1, 0.15) is 28.6 Å². The number of nitrogens with zero attached hydrogens (tertiary/aromatic N) is 4. The molecule has 0 amide bonds. The zero-order valence-corrected chi connectivity index (χ0v) is 19.3. The van der Waals surface area contributed by atoms with Crippen LogP contribution in [0.5, 0.6) is 5.75 Å². The number of hydrogen-bond donors (Lipinski definition) is 0. The second-order valence-corrected chi connectivity index (χ2v) is 8.00. The number of esters is 1. The Hall–Kier alpha value is -4.27. The second-order valence-electron chi connectivity index (χ2n) is 8.00. The lowest BCUT2D eigenvalue weighted by Gasteiger charge is -2.28. The van der Waals surface area contributed by atoms with Crippen LogP contribution in [0, 0.1) is 5.82 Å². The normalized spacial score (nSPS) is 12.8. The molecule has 2 aromatic heterocycles. The Morgan fingerprint density at radius 2 is 1.86 bits per heavy atom. The summed E-state index contributed by atoms with van der Waals surface area (Å²) in [6, 6.07) is 13.5. The molecule has 4 aromatic rings. The summed E-state index contributed by atoms with van der Waals surface area (Å²) < 4.78 is 29.5. The zero-order valence-electron chi connectivity index (χ0n) is 19.3. The Bertz CT molecular complexity index is 1350. The van der Waals surface area contributed by atoms with Crippen molar-refractivity contribution < 1.29 is 23.2 Å². The Morgan fingerprint density at radius 1 is 1.11 bits per heavy atom. The molecule has 1 aliphatic heterocycles. The fourth-order valence-electron chi connectivity index (χ4n) is 4.09. The Labute approximate surface area is 201 Å². The third kappa shape index (κ3) is 4.44. The Morgan fingerprint density at radius 3 is 2.57 bits per heavy atom. The van der Waals surface area contributed by atoms with E-state index in [9.17, 15) is 9.18 Å². The van der Waals surface area contributed by atoms with Gasteiger partial charge in [-0.3, -0.25) is 0 Å². The number of aromatic nitrogens is 3. The maximum atomic E-state index is 13.3. The topological polar surface area (TPSA) is 90.6 Å². The van der Waals surface area contributed by atoms with Crippen LogP contribution >= 0.6 is 0 Å². The van der Waals surface area contributed by atoms with Crippen molar-refractivity contribution in [2.45, 2.75) is 19.9 Å². The first-order chi connectivity index (χ1) is 17.1. The van der Waals surface area contributed by atoms with Gasteiger partial charge >= 0.3 is 5.97 Å². The summed E-state index contributed by atoms with van der Waals surface area (Å²) in [5.74, 6) is 1.52. The molecule has 0 radical (unpaired) electrons. The average Bonchev–Trinajstić information content (AvgIpc) is 3.32. The number of rotatable bonds is 6. The van der Waals surface area contributed by atoms with E-state index in [4.69, 9.17) is 19.0 Å². The molecule has 2 aromatic carbocycles. The molecular weight excluding hydrogens is 451 g/mol. The highest BCUT2D eigenvalue weighted by atomic mass is 19.1. The summed E-state index contributed by atoms with van der Waals surface area (Å²) in [6.45, 7) is 2.97. The van der Waals surface area contributed by atoms with Crippen molar-refractivity contribution in [1.29, 1.82) is 0 Å². The van der Waals surface area contributed by atoms with Gasteiger partial charge in [0, 0.05) is 29.4 Å². The minimum Gasteiger partial charge on any atom is -0.497 e. The van der Waals surface area contributed by atoms with Crippen LogP contribution in [0.25, 0.3) is 22.7 Å². The van der Waals surface area contributed by atoms with Gasteiger partial charge in [-0.2, -0.15) is 0 Å². The first-order valence-corrected chi connectivity index (χ1v) is 11.2. The molecule has 0 saturated heterocycles. The lowest BCUT2D eigenvalue weighted by Crippen LogP contribution is -2.32. The number of carbonyl (C=O) groups is 1. The van der Waals surface area contributed by atoms with E-state index < -0.39 is 5.97 Å². The SMILES string of the molecule is CCOC(=O)c1cnc(-c2ccc(OC)cc2)nc1N1CCc2c(noc2-c2ccc(F)cc2)C1. The first kappa shape index (κ1) is 22.5. The maximum Gasteiger partial charge on any atom is 0.343 e. The predicted molar refractivity (Wildman–Crippen MR) is 127 cm³/mol. The molecule has 0 bridgehead atoms. The molecule has 0 N–H and O–H groups in total. The number of halogens is 1. The average molecular weight is 474 g/mol. The molecule has 0 spiro atoms. The summed E-state index contributed by atoms with van der Waals surface area (Å²) in [7, 11) is 1.60. The monoisotopic (exact) mass is 474 g/mol. The van der Waals surface area contributed by atoms with E-state index in [0.29, 0.717) is 36.9 Å². The zero-order chi connectivity index (χ0) is 24.4. The van der Waals surface area contributed by atoms with Crippen LogP contribution in [0.2, 0.25) is 0 Å². The van der Waals surface area contributed by atoms with Crippen molar-refractivity contribution in [3.63, 3.8) is 0 Å². The smallest absolute Gasteiger partial charge is 0.343 e. The van der Waals surface area contributed by atoms with Gasteiger partial charge in [0.25, 0.3) is 0 Å². The van der Waals surface area contributed by atoms with E-state index in [0.717, 1.165) is 28.1 Å². The van der Waals surface area contributed by atoms with Crippen LogP contribution in [0.15, 0.2) is 59.3 Å². The number of hydrogen-bond acceptors (Lipinski definition) is 8. The Balaban J connectivity index is 1.49. The standard InChI is InChI=1S/C26H23FN4O4/c1-3-34-26(32)21-14-28-24(17-6-10-19(33-2)11-7-17)29-25(21)31-13-12-20-22(15-31)30-35-23(20)16-4-8-18(27)9-5-16/h4-11,14H,3,12-13,15H2,1-2H3. The molecule has 0 fully saturated rings. The van der Waals surface area contributed by atoms with Crippen LogP contribution in [-0.2, 0) is 17.7 Å². The molecular formula is C26H23FN4O4. The van der Waals surface area contributed by atoms with Crippen molar-refractivity contribution in [3.8, 4) is 28.5 Å². The van der Waals surface area contributed by atoms with E-state index in [2.05, 4.69) is 10.1 Å². The fourth-order valence-corrected chi connectivity index (χ4v) is 4.09. The second kappa shape index (κ2) is 9.54. The number of benzene rings is 2. The van der Waals surface area contributed by atoms with Crippen molar-refractivity contribution in [2.75, 3.05) is 25.2 Å². The number of ether oxygens (including phenoxy) is 2. The van der Waals surface area contributed by atoms with Crippen LogP contribution in [0.4, 0.5) is 10.2 Å². The van der Waals surface area contributed by atoms with Gasteiger partial charge in [0.05, 0.1) is 20.3 Å². The molecule has 0 aliphatic carbocycles. The summed E-state index contributed by atoms with van der Waals surface area (Å²) >= 11 is 0. The number of methoxy groups -OCH3 is 1. The van der Waals surface area contributed by atoms with Crippen molar-refractivity contribution in [1.82, 2.24) is 15.1 Å². The van der Waals surface area contributed by atoms with Gasteiger partial charge in [-0.25, -0.2) is 19.2 Å². The summed E-state index contributed by atoms with van der Waals surface area (Å²) in [5, 5.41) is 4.26. The fraction of sp³-hybridized carbons (Fsp3) is 0.231. The number of carbonyl (C=O) groups excluding carboxylic acids is 1. The maximum absolute atomic E-state index is 13.3. The van der Waals surface area contributed by atoms with Crippen LogP contribution in [-0.4, -0.2) is 41.4 Å². The van der Waals surface area contributed by atoms with Gasteiger partial charge in [-0.15, -0.1) is 0 Å². The van der Waals surface area contributed by atoms with Crippen molar-refractivity contribution in [3.05, 3.63) is 77.4 Å². The van der Waals surface area contributed by atoms with Gasteiger partial charge < -0.3 is 18.9 Å². The van der Waals surface area contributed by atoms with Gasteiger partial charge in [-0.1, -0.05) is 5.16 Å². The molecule has 9 heteroatoms. The number of anilines is 1. The van der Waals surface area contributed by atoms with E-state index >= 15 is 0 Å². The first-order valence-electron chi connectivity index (χ1n) is 11.2. The molecule has 35 heavy (non-hydrogen) atoms. The van der Waals surface area contributed by atoms with Crippen molar-refractivity contribution >= 4 is 11.8 Å². The molecule has 5 rings (SSSR count). The Kier molecular flexibility index (Phi) is 6.13. The van der Waals surface area contributed by atoms with Crippen LogP contribution < -0.4 is 9.64 Å². The highest BCUT2D eigenvalue weighted by Gasteiger charge is 2.29. The summed E-state index contributed by atoms with van der Waals surface area (Å²) in [4.78, 5) is 23.8. The molecule has 8 nitrogen and oxygen atoms in total. The highest BCUT2D eigenvalue weighted by Crippen LogP contribution is 2.33. The molecule has 1 aliphatic rings. The lowest BCUT2D eigenvalue weighted by atomic mass is 10.0. The minimum atomic E-state index is -0.485. The van der Waals surface area contributed by atoms with Crippen molar-refractivity contribution in [2.24, 2.45) is 0 Å². The summed E-state index contributed by atoms with van der Waals surface area (Å²) in [6.07, 6.45) is 2.12. The molecule has 0 saturated carbocycles. The lowest BCUT2D eigenvalue weighted by molar-refractivity contribution is 0.0526. The largest absolute Gasteiger partial charge is 0.497 e. The third-order valence-corrected chi connectivity index (χ3v) is 5.86. The van der Waals surface area contributed by atoms with Crippen LogP contribution in [0.3, 0.4) is 0 Å². The quantitative estimate of drug-likeness (QED) is 0.372. The third-order valence-electron chi connectivity index (χ3n) is 5.86. The van der Waals surface area contributed by atoms with Gasteiger partial charge in [0.2, 0.25) is 0 Å². The highest BCUT2D eigenvalue weighted by molar-refractivity contribution is 5.95. The molecule has 0 unspecified atom stereocenters. The molecule has 0 atom stereocenters.